The number of ether oxygens (including phenoxy) is 2. The number of hydrogen-bond acceptors (Lipinski definition) is 8. The minimum Gasteiger partial charge on any atom is -0.426 e. The first kappa shape index (κ1) is 30.7. The van der Waals surface area contributed by atoms with Crippen LogP contribution < -0.4 is 15.5 Å². The van der Waals surface area contributed by atoms with Gasteiger partial charge in [-0.3, -0.25) is 15.0 Å². The van der Waals surface area contributed by atoms with Crippen LogP contribution in [0.2, 0.25) is 0 Å². The highest BCUT2D eigenvalue weighted by Crippen LogP contribution is 2.27. The predicted octanol–water partition coefficient (Wildman–Crippen LogP) is 2.40. The maximum absolute atomic E-state index is 13.4. The number of hydrogen-bond donors (Lipinski definition) is 5. The van der Waals surface area contributed by atoms with Crippen LogP contribution in [0.25, 0.3) is 0 Å². The van der Waals surface area contributed by atoms with Crippen LogP contribution in [0.1, 0.15) is 64.7 Å². The highest BCUT2D eigenvalue weighted by molar-refractivity contribution is 6.24. The van der Waals surface area contributed by atoms with Crippen LogP contribution in [-0.2, 0) is 14.3 Å². The second-order valence-electron chi connectivity index (χ2n) is 8.40. The summed E-state index contributed by atoms with van der Waals surface area (Å²) in [6.45, 7) is 8.26. The summed E-state index contributed by atoms with van der Waals surface area (Å²) in [5.41, 5.74) is 1.97. The van der Waals surface area contributed by atoms with Crippen molar-refractivity contribution < 1.29 is 33.8 Å². The molecule has 0 saturated heterocycles. The Morgan fingerprint density at radius 3 is 2.49 bits per heavy atom. The van der Waals surface area contributed by atoms with Gasteiger partial charge in [0.15, 0.2) is 5.84 Å². The van der Waals surface area contributed by atoms with Gasteiger partial charge < -0.3 is 30.2 Å². The van der Waals surface area contributed by atoms with Crippen molar-refractivity contribution in [3.8, 4) is 0 Å². The van der Waals surface area contributed by atoms with Crippen molar-refractivity contribution in [2.75, 3.05) is 24.8 Å². The molecule has 1 aromatic heterocycles. The normalized spacial score (nSPS) is 11.8. The minimum absolute atomic E-state index is 0.112. The van der Waals surface area contributed by atoms with Crippen LogP contribution in [0.15, 0.2) is 29.4 Å². The molecule has 13 heteroatoms. The van der Waals surface area contributed by atoms with Crippen LogP contribution in [0.3, 0.4) is 0 Å². The van der Waals surface area contributed by atoms with E-state index in [9.17, 15) is 24.3 Å². The van der Waals surface area contributed by atoms with Crippen LogP contribution >= 0.6 is 0 Å². The Kier molecular flexibility index (Phi) is 11.4. The number of aliphatic imine (C=N–C) groups is 1. The molecule has 0 saturated carbocycles. The Hall–Kier alpha value is -4.52. The molecule has 3 amide bonds. The molecule has 0 radical (unpaired) electrons. The van der Waals surface area contributed by atoms with Gasteiger partial charge in [-0.05, 0) is 57.4 Å². The Balaban J connectivity index is 2.63. The van der Waals surface area contributed by atoms with E-state index in [1.54, 1.807) is 32.9 Å². The summed E-state index contributed by atoms with van der Waals surface area (Å²) in [5, 5.41) is 22.4. The number of benzene rings is 1. The van der Waals surface area contributed by atoms with Crippen molar-refractivity contribution in [2.45, 2.75) is 47.1 Å². The number of rotatable bonds is 11. The van der Waals surface area contributed by atoms with E-state index in [1.807, 2.05) is 6.92 Å². The van der Waals surface area contributed by atoms with Gasteiger partial charge in [-0.15, -0.1) is 0 Å². The Morgan fingerprint density at radius 1 is 1.15 bits per heavy atom. The molecule has 13 nitrogen and oxygen atoms in total. The number of carbonyl (C=O) groups is 4. The van der Waals surface area contributed by atoms with Gasteiger partial charge in [0.1, 0.15) is 12.4 Å². The molecule has 0 aliphatic rings. The number of amides is 3. The number of aromatic amines is 1. The maximum Gasteiger partial charge on any atom is 0.423 e. The molecule has 2 aromatic rings. The van der Waals surface area contributed by atoms with Gasteiger partial charge in [-0.2, -0.15) is 0 Å². The Morgan fingerprint density at radius 2 is 1.87 bits per heavy atom. The number of carbonyl (C=O) groups excluding carboxylic acids is 4. The van der Waals surface area contributed by atoms with E-state index in [2.05, 4.69) is 20.6 Å². The highest BCUT2D eigenvalue weighted by atomic mass is 16.7. The molecule has 0 aliphatic heterocycles. The van der Waals surface area contributed by atoms with Gasteiger partial charge in [0, 0.05) is 24.8 Å². The fraction of sp³-hybridized carbons (Fsp3) is 0.385. The molecule has 0 fully saturated rings. The number of esters is 1. The first-order chi connectivity index (χ1) is 18.6. The summed E-state index contributed by atoms with van der Waals surface area (Å²) in [4.78, 5) is 58.3. The fourth-order valence-electron chi connectivity index (χ4n) is 3.47. The number of aliphatic hydroxyl groups excluding tert-OH is 1. The van der Waals surface area contributed by atoms with Gasteiger partial charge in [0.05, 0.1) is 16.9 Å². The van der Waals surface area contributed by atoms with Gasteiger partial charge in [0.25, 0.3) is 11.8 Å². The number of nitrogens with zero attached hydrogens (tertiary/aromatic N) is 2. The van der Waals surface area contributed by atoms with Crippen LogP contribution in [0.5, 0.6) is 0 Å². The quantitative estimate of drug-likeness (QED) is 0.125. The summed E-state index contributed by atoms with van der Waals surface area (Å²) in [7, 11) is 0. The third kappa shape index (κ3) is 7.74. The zero-order valence-corrected chi connectivity index (χ0v) is 22.6. The van der Waals surface area contributed by atoms with Gasteiger partial charge >= 0.3 is 12.1 Å². The number of nitrogens with one attached hydrogen (secondary N) is 4. The molecular formula is C26H34N6O7. The molecule has 0 aliphatic carbocycles. The van der Waals surface area contributed by atoms with Crippen molar-refractivity contribution in [1.82, 2.24) is 15.6 Å². The summed E-state index contributed by atoms with van der Waals surface area (Å²) >= 11 is 0. The average Bonchev–Trinajstić information content (AvgIpc) is 3.28. The van der Waals surface area contributed by atoms with E-state index < -0.39 is 25.0 Å². The monoisotopic (exact) mass is 542 g/mol. The van der Waals surface area contributed by atoms with E-state index in [0.29, 0.717) is 36.1 Å². The maximum atomic E-state index is 13.4. The largest absolute Gasteiger partial charge is 0.426 e. The molecule has 0 bridgehead atoms. The minimum atomic E-state index is -1.43. The lowest BCUT2D eigenvalue weighted by Gasteiger charge is -2.25. The molecular weight excluding hydrogens is 508 g/mol. The molecule has 0 spiro atoms. The lowest BCUT2D eigenvalue weighted by Crippen LogP contribution is -2.40. The zero-order chi connectivity index (χ0) is 29.1. The second-order valence-corrected chi connectivity index (χ2v) is 8.40. The Bertz CT molecular complexity index is 1250. The third-order valence-corrected chi connectivity index (χ3v) is 5.50. The van der Waals surface area contributed by atoms with Gasteiger partial charge in [0.2, 0.25) is 6.79 Å². The van der Waals surface area contributed by atoms with Crippen molar-refractivity contribution in [3.63, 3.8) is 0 Å². The number of aryl methyl sites for hydroxylation is 1. The zero-order valence-electron chi connectivity index (χ0n) is 22.6. The summed E-state index contributed by atoms with van der Waals surface area (Å²) in [6.07, 6.45) is 0.401. The van der Waals surface area contributed by atoms with Gasteiger partial charge in [-0.25, -0.2) is 19.5 Å². The van der Waals surface area contributed by atoms with Crippen molar-refractivity contribution >= 4 is 41.7 Å². The van der Waals surface area contributed by atoms with Crippen molar-refractivity contribution in [3.05, 3.63) is 52.3 Å². The summed E-state index contributed by atoms with van der Waals surface area (Å²) in [5.74, 6) is -1.83. The predicted molar refractivity (Wildman–Crippen MR) is 144 cm³/mol. The van der Waals surface area contributed by atoms with Crippen molar-refractivity contribution in [2.24, 2.45) is 4.99 Å². The van der Waals surface area contributed by atoms with E-state index in [4.69, 9.17) is 14.9 Å². The molecule has 1 heterocycles. The number of H-pyrrole nitrogens is 1. The van der Waals surface area contributed by atoms with E-state index in [1.165, 1.54) is 19.2 Å². The lowest BCUT2D eigenvalue weighted by molar-refractivity contribution is -0.160. The molecule has 1 aromatic carbocycles. The van der Waals surface area contributed by atoms with Crippen LogP contribution in [0, 0.1) is 19.3 Å². The third-order valence-electron chi connectivity index (χ3n) is 5.50. The Labute approximate surface area is 226 Å². The summed E-state index contributed by atoms with van der Waals surface area (Å²) in [6, 6.07) is 4.69. The standard InChI is InChI=1S/C26H34N6O7/c1-6-10-29-23(34)18-9-8-15(3)20(11-18)32(26(37)39-14-38-25(36)17(5)33)22(31-13-27)21-16(4)19(12-30-21)24(35)28-7-2/h8-9,11-13,17,27,30,33H,6-7,10,14H2,1-5H3,(H,28,35)(H,29,34). The smallest absolute Gasteiger partial charge is 0.423 e. The fourth-order valence-corrected chi connectivity index (χ4v) is 3.47. The topological polar surface area (TPSA) is 186 Å². The SMILES string of the molecule is CCCNC(=O)c1ccc(C)c(N(C(=O)OCOC(=O)C(C)O)C(=NC=N)c2[nH]cc(C(=O)NCC)c2C)c1. The van der Waals surface area contributed by atoms with E-state index >= 15 is 0 Å². The first-order valence-electron chi connectivity index (χ1n) is 12.3. The van der Waals surface area contributed by atoms with Crippen LogP contribution in [0.4, 0.5) is 10.5 Å². The molecule has 210 valence electrons. The number of amidine groups is 1. The number of aliphatic hydroxyl groups is 1. The number of anilines is 1. The average molecular weight is 543 g/mol. The second kappa shape index (κ2) is 14.4. The number of aromatic nitrogens is 1. The molecule has 1 atom stereocenters. The van der Waals surface area contributed by atoms with Gasteiger partial charge in [-0.1, -0.05) is 13.0 Å². The molecule has 5 N–H and O–H groups in total. The van der Waals surface area contributed by atoms with Crippen molar-refractivity contribution in [1.29, 1.82) is 5.41 Å². The molecule has 1 unspecified atom stereocenters. The summed E-state index contributed by atoms with van der Waals surface area (Å²) < 4.78 is 9.92. The molecule has 2 rings (SSSR count). The van der Waals surface area contributed by atoms with Crippen LogP contribution in [-0.4, -0.2) is 72.1 Å². The lowest BCUT2D eigenvalue weighted by atomic mass is 10.1. The van der Waals surface area contributed by atoms with E-state index in [0.717, 1.165) is 11.3 Å². The first-order valence-corrected chi connectivity index (χ1v) is 12.3. The van der Waals surface area contributed by atoms with E-state index in [-0.39, 0.29) is 34.6 Å². The highest BCUT2D eigenvalue weighted by Gasteiger charge is 2.30. The molecule has 39 heavy (non-hydrogen) atoms.